The summed E-state index contributed by atoms with van der Waals surface area (Å²) in [6.07, 6.45) is 1.31. The maximum Gasteiger partial charge on any atom is 0.317 e. The van der Waals surface area contributed by atoms with E-state index in [1.165, 1.54) is 0 Å². The molecule has 5 heteroatoms. The lowest BCUT2D eigenvalue weighted by Crippen LogP contribution is -2.23. The minimum Gasteiger partial charge on any atom is -0.481 e. The topological polar surface area (TPSA) is 101 Å². The molecule has 92 valence electrons. The van der Waals surface area contributed by atoms with Gasteiger partial charge < -0.3 is 15.9 Å². The fourth-order valence-electron chi connectivity index (χ4n) is 1.55. The van der Waals surface area contributed by atoms with E-state index in [2.05, 4.69) is 0 Å². The highest BCUT2D eigenvalue weighted by Gasteiger charge is 2.24. The third-order valence-corrected chi connectivity index (χ3v) is 2.53. The summed E-state index contributed by atoms with van der Waals surface area (Å²) in [7, 11) is 0. The predicted molar refractivity (Wildman–Crippen MR) is 62.6 cm³/mol. The number of carboxylic acid groups (broad SMARTS) is 2. The van der Waals surface area contributed by atoms with Gasteiger partial charge >= 0.3 is 11.9 Å². The minimum absolute atomic E-state index is 0.134. The van der Waals surface area contributed by atoms with E-state index in [4.69, 9.17) is 15.9 Å². The molecule has 0 amide bonds. The van der Waals surface area contributed by atoms with Crippen LogP contribution in [0.5, 0.6) is 0 Å². The molecule has 0 aliphatic heterocycles. The Hall–Kier alpha value is -2.04. The van der Waals surface area contributed by atoms with Crippen molar-refractivity contribution < 1.29 is 19.8 Å². The van der Waals surface area contributed by atoms with E-state index in [0.29, 0.717) is 18.5 Å². The number of hydrogen-bond acceptors (Lipinski definition) is 3. The van der Waals surface area contributed by atoms with Gasteiger partial charge in [0.2, 0.25) is 0 Å². The number of nitrogens with two attached hydrogens (primary N) is 1. The summed E-state index contributed by atoms with van der Waals surface area (Å²) in [5.74, 6) is -3.88. The van der Waals surface area contributed by atoms with Crippen molar-refractivity contribution in [1.82, 2.24) is 0 Å². The molecule has 0 fully saturated rings. The summed E-state index contributed by atoms with van der Waals surface area (Å²) in [5, 5.41) is 17.4. The van der Waals surface area contributed by atoms with E-state index >= 15 is 0 Å². The van der Waals surface area contributed by atoms with Gasteiger partial charge in [-0.1, -0.05) is 12.1 Å². The Morgan fingerprint density at radius 2 is 1.65 bits per heavy atom. The van der Waals surface area contributed by atoms with Crippen molar-refractivity contribution in [2.24, 2.45) is 5.92 Å². The highest BCUT2D eigenvalue weighted by Crippen LogP contribution is 2.13. The summed E-state index contributed by atoms with van der Waals surface area (Å²) < 4.78 is 0. The van der Waals surface area contributed by atoms with Crippen LogP contribution >= 0.6 is 0 Å². The zero-order valence-corrected chi connectivity index (χ0v) is 9.30. The Morgan fingerprint density at radius 3 is 2.12 bits per heavy atom. The lowest BCUT2D eigenvalue weighted by atomic mass is 10.00. The lowest BCUT2D eigenvalue weighted by Gasteiger charge is -2.07. The monoisotopic (exact) mass is 237 g/mol. The van der Waals surface area contributed by atoms with E-state index < -0.39 is 17.9 Å². The molecular formula is C12H15NO4. The van der Waals surface area contributed by atoms with E-state index in [1.54, 1.807) is 12.1 Å². The lowest BCUT2D eigenvalue weighted by molar-refractivity contribution is -0.154. The van der Waals surface area contributed by atoms with E-state index in [9.17, 15) is 9.59 Å². The second-order valence-corrected chi connectivity index (χ2v) is 3.86. The summed E-state index contributed by atoms with van der Waals surface area (Å²) >= 11 is 0. The second kappa shape index (κ2) is 5.89. The molecule has 0 aliphatic carbocycles. The SMILES string of the molecule is Nc1ccc(CCCC(C(=O)O)C(=O)O)cc1. The molecule has 1 rings (SSSR count). The average Bonchev–Trinajstić information content (AvgIpc) is 2.25. The maximum absolute atomic E-state index is 10.6. The standard InChI is InChI=1S/C12H15NO4/c13-9-6-4-8(5-7-9)2-1-3-10(11(14)15)12(16)17/h4-7,10H,1-3,13H2,(H,14,15)(H,16,17). The van der Waals surface area contributed by atoms with Gasteiger partial charge in [0.1, 0.15) is 0 Å². The first-order chi connectivity index (χ1) is 8.00. The first-order valence-corrected chi connectivity index (χ1v) is 5.30. The summed E-state index contributed by atoms with van der Waals surface area (Å²) in [6.45, 7) is 0. The zero-order chi connectivity index (χ0) is 12.8. The number of benzene rings is 1. The predicted octanol–water partition coefficient (Wildman–Crippen LogP) is 1.38. The Bertz CT molecular complexity index is 385. The fourth-order valence-corrected chi connectivity index (χ4v) is 1.55. The molecule has 0 aliphatic rings. The van der Waals surface area contributed by atoms with Crippen molar-refractivity contribution >= 4 is 17.6 Å². The van der Waals surface area contributed by atoms with Gasteiger partial charge in [-0.2, -0.15) is 0 Å². The number of aryl methyl sites for hydroxylation is 1. The highest BCUT2D eigenvalue weighted by atomic mass is 16.4. The van der Waals surface area contributed by atoms with Crippen molar-refractivity contribution in [3.05, 3.63) is 29.8 Å². The Balaban J connectivity index is 2.43. The molecule has 0 saturated carbocycles. The molecule has 0 bridgehead atoms. The van der Waals surface area contributed by atoms with Crippen LogP contribution in [-0.2, 0) is 16.0 Å². The van der Waals surface area contributed by atoms with Crippen LogP contribution in [-0.4, -0.2) is 22.2 Å². The highest BCUT2D eigenvalue weighted by molar-refractivity contribution is 5.92. The van der Waals surface area contributed by atoms with Gasteiger partial charge in [-0.25, -0.2) is 0 Å². The van der Waals surface area contributed by atoms with Crippen LogP contribution in [0.3, 0.4) is 0 Å². The Labute approximate surface area is 98.9 Å². The smallest absolute Gasteiger partial charge is 0.317 e. The van der Waals surface area contributed by atoms with Crippen molar-refractivity contribution in [2.45, 2.75) is 19.3 Å². The quantitative estimate of drug-likeness (QED) is 0.512. The first kappa shape index (κ1) is 13.0. The number of aliphatic carboxylic acids is 2. The number of carboxylic acids is 2. The van der Waals surface area contributed by atoms with E-state index in [0.717, 1.165) is 5.56 Å². The second-order valence-electron chi connectivity index (χ2n) is 3.86. The summed E-state index contributed by atoms with van der Waals surface area (Å²) in [6, 6.07) is 7.24. The van der Waals surface area contributed by atoms with Crippen molar-refractivity contribution in [2.75, 3.05) is 5.73 Å². The van der Waals surface area contributed by atoms with Gasteiger partial charge in [0.05, 0.1) is 0 Å². The number of rotatable bonds is 6. The summed E-state index contributed by atoms with van der Waals surface area (Å²) in [4.78, 5) is 21.3. The van der Waals surface area contributed by atoms with Gasteiger partial charge in [0, 0.05) is 5.69 Å². The molecule has 1 aromatic rings. The average molecular weight is 237 g/mol. The van der Waals surface area contributed by atoms with Crippen LogP contribution in [0.4, 0.5) is 5.69 Å². The van der Waals surface area contributed by atoms with Crippen molar-refractivity contribution in [3.63, 3.8) is 0 Å². The van der Waals surface area contributed by atoms with Gasteiger partial charge in [-0.15, -0.1) is 0 Å². The molecule has 0 saturated heterocycles. The van der Waals surface area contributed by atoms with E-state index in [-0.39, 0.29) is 6.42 Å². The van der Waals surface area contributed by atoms with Gasteiger partial charge in [0.15, 0.2) is 5.92 Å². The number of hydrogen-bond donors (Lipinski definition) is 3. The molecule has 0 heterocycles. The van der Waals surface area contributed by atoms with Gasteiger partial charge in [0.25, 0.3) is 0 Å². The number of anilines is 1. The Kier molecular flexibility index (Phi) is 4.51. The number of nitrogen functional groups attached to an aromatic ring is 1. The third-order valence-electron chi connectivity index (χ3n) is 2.53. The molecule has 4 N–H and O–H groups in total. The molecule has 0 spiro atoms. The molecule has 5 nitrogen and oxygen atoms in total. The summed E-state index contributed by atoms with van der Waals surface area (Å²) in [5.41, 5.74) is 7.22. The van der Waals surface area contributed by atoms with Crippen molar-refractivity contribution in [1.29, 1.82) is 0 Å². The number of carbonyl (C=O) groups is 2. The molecule has 0 unspecified atom stereocenters. The van der Waals surface area contributed by atoms with Crippen LogP contribution in [0.1, 0.15) is 18.4 Å². The molecule has 0 radical (unpaired) electrons. The fraction of sp³-hybridized carbons (Fsp3) is 0.333. The van der Waals surface area contributed by atoms with Gasteiger partial charge in [-0.3, -0.25) is 9.59 Å². The molecular weight excluding hydrogens is 222 g/mol. The first-order valence-electron chi connectivity index (χ1n) is 5.30. The van der Waals surface area contributed by atoms with Crippen LogP contribution < -0.4 is 5.73 Å². The normalized spacial score (nSPS) is 10.4. The van der Waals surface area contributed by atoms with Crippen LogP contribution in [0, 0.1) is 5.92 Å². The molecule has 0 aromatic heterocycles. The van der Waals surface area contributed by atoms with Crippen LogP contribution in [0.2, 0.25) is 0 Å². The minimum atomic E-state index is -1.32. The zero-order valence-electron chi connectivity index (χ0n) is 9.30. The molecule has 0 atom stereocenters. The van der Waals surface area contributed by atoms with Crippen LogP contribution in [0.25, 0.3) is 0 Å². The largest absolute Gasteiger partial charge is 0.481 e. The molecule has 17 heavy (non-hydrogen) atoms. The maximum atomic E-state index is 10.6. The van der Waals surface area contributed by atoms with Crippen LogP contribution in [0.15, 0.2) is 24.3 Å². The Morgan fingerprint density at radius 1 is 1.12 bits per heavy atom. The van der Waals surface area contributed by atoms with Crippen molar-refractivity contribution in [3.8, 4) is 0 Å². The van der Waals surface area contributed by atoms with Gasteiger partial charge in [-0.05, 0) is 37.0 Å². The third kappa shape index (κ3) is 4.14. The van der Waals surface area contributed by atoms with E-state index in [1.807, 2.05) is 12.1 Å². The molecule has 1 aromatic carbocycles.